The lowest BCUT2D eigenvalue weighted by Gasteiger charge is -2.24. The Morgan fingerprint density at radius 3 is 2.59 bits per heavy atom. The first-order valence-electron chi connectivity index (χ1n) is 6.47. The fraction of sp³-hybridized carbons (Fsp3) is 0.200. The van der Waals surface area contributed by atoms with Gasteiger partial charge in [-0.05, 0) is 31.2 Å². The van der Waals surface area contributed by atoms with Gasteiger partial charge in [0.2, 0.25) is 10.0 Å². The van der Waals surface area contributed by atoms with Gasteiger partial charge in [0.1, 0.15) is 22.3 Å². The fourth-order valence-corrected chi connectivity index (χ4v) is 3.49. The maximum Gasteiger partial charge on any atom is 0.244 e. The molecule has 1 atom stereocenters. The Bertz CT molecular complexity index is 816. The summed E-state index contributed by atoms with van der Waals surface area (Å²) in [5.74, 6) is -0.859. The van der Waals surface area contributed by atoms with Crippen LogP contribution in [0.1, 0.15) is 24.2 Å². The number of nitriles is 1. The molecule has 2 rings (SSSR count). The van der Waals surface area contributed by atoms with Crippen molar-refractivity contribution < 1.29 is 12.8 Å². The van der Waals surface area contributed by atoms with E-state index in [4.69, 9.17) is 5.26 Å². The molecular formula is C15H14FN3O2S. The number of hydrogen-bond acceptors (Lipinski definition) is 4. The molecule has 5 nitrogen and oxygen atoms in total. The Balaban J connectivity index is 2.48. The Morgan fingerprint density at radius 2 is 2.00 bits per heavy atom. The molecule has 0 unspecified atom stereocenters. The molecule has 0 aliphatic carbocycles. The van der Waals surface area contributed by atoms with Crippen LogP contribution in [0.2, 0.25) is 0 Å². The number of nitrogens with zero attached hydrogens (tertiary/aromatic N) is 3. The van der Waals surface area contributed by atoms with Gasteiger partial charge in [-0.2, -0.15) is 9.57 Å². The van der Waals surface area contributed by atoms with E-state index in [-0.39, 0.29) is 4.90 Å². The maximum atomic E-state index is 13.7. The first-order valence-corrected chi connectivity index (χ1v) is 7.91. The van der Waals surface area contributed by atoms with E-state index in [9.17, 15) is 12.8 Å². The van der Waals surface area contributed by atoms with Crippen LogP contribution in [0, 0.1) is 17.1 Å². The van der Waals surface area contributed by atoms with E-state index in [2.05, 4.69) is 4.98 Å². The number of halogens is 1. The molecule has 7 heteroatoms. The third kappa shape index (κ3) is 2.84. The van der Waals surface area contributed by atoms with Crippen molar-refractivity contribution in [2.24, 2.45) is 0 Å². The van der Waals surface area contributed by atoms with Crippen LogP contribution in [0.3, 0.4) is 0 Å². The van der Waals surface area contributed by atoms with E-state index in [1.807, 2.05) is 0 Å². The van der Waals surface area contributed by atoms with E-state index >= 15 is 0 Å². The van der Waals surface area contributed by atoms with Crippen molar-refractivity contribution in [1.82, 2.24) is 9.29 Å². The third-order valence-electron chi connectivity index (χ3n) is 3.41. The Labute approximate surface area is 128 Å². The summed E-state index contributed by atoms with van der Waals surface area (Å²) in [6, 6.07) is 9.78. The molecule has 0 aliphatic heterocycles. The minimum Gasteiger partial charge on any atom is -0.260 e. The van der Waals surface area contributed by atoms with Gasteiger partial charge in [0.05, 0.1) is 11.7 Å². The molecule has 0 fully saturated rings. The highest BCUT2D eigenvalue weighted by atomic mass is 32.2. The number of sulfonamides is 1. The van der Waals surface area contributed by atoms with E-state index < -0.39 is 27.4 Å². The summed E-state index contributed by atoms with van der Waals surface area (Å²) in [5.41, 5.74) is 0.0751. The van der Waals surface area contributed by atoms with E-state index in [0.717, 1.165) is 10.4 Å². The molecule has 0 amide bonds. The van der Waals surface area contributed by atoms with Crippen molar-refractivity contribution in [1.29, 1.82) is 5.26 Å². The highest BCUT2D eigenvalue weighted by Crippen LogP contribution is 2.27. The smallest absolute Gasteiger partial charge is 0.244 e. The Hall–Kier alpha value is -2.30. The summed E-state index contributed by atoms with van der Waals surface area (Å²) in [6.45, 7) is 1.67. The minimum atomic E-state index is -4.02. The Kier molecular flexibility index (Phi) is 4.54. The van der Waals surface area contributed by atoms with Gasteiger partial charge in [0, 0.05) is 13.2 Å². The zero-order chi connectivity index (χ0) is 16.3. The number of hydrogen-bond donors (Lipinski definition) is 0. The van der Waals surface area contributed by atoms with Crippen LogP contribution in [0.15, 0.2) is 47.5 Å². The molecule has 0 saturated carbocycles. The molecule has 1 heterocycles. The van der Waals surface area contributed by atoms with Gasteiger partial charge in [-0.1, -0.05) is 12.1 Å². The fourth-order valence-electron chi connectivity index (χ4n) is 2.00. The lowest BCUT2D eigenvalue weighted by Crippen LogP contribution is -2.31. The topological polar surface area (TPSA) is 74.1 Å². The molecule has 0 bridgehead atoms. The van der Waals surface area contributed by atoms with Gasteiger partial charge in [0.25, 0.3) is 0 Å². The van der Waals surface area contributed by atoms with Crippen LogP contribution in [0.25, 0.3) is 0 Å². The van der Waals surface area contributed by atoms with Crippen LogP contribution >= 0.6 is 0 Å². The maximum absolute atomic E-state index is 13.7. The summed E-state index contributed by atoms with van der Waals surface area (Å²) in [5, 5.41) is 9.01. The number of rotatable bonds is 4. The first kappa shape index (κ1) is 16.1. The lowest BCUT2D eigenvalue weighted by molar-refractivity contribution is 0.391. The molecule has 0 radical (unpaired) electrons. The summed E-state index contributed by atoms with van der Waals surface area (Å²) in [6.07, 6.45) is 1.56. The molecule has 114 valence electrons. The highest BCUT2D eigenvalue weighted by molar-refractivity contribution is 7.89. The van der Waals surface area contributed by atoms with Crippen LogP contribution in [-0.2, 0) is 10.0 Å². The van der Waals surface area contributed by atoms with Gasteiger partial charge in [-0.15, -0.1) is 0 Å². The quantitative estimate of drug-likeness (QED) is 0.867. The van der Waals surface area contributed by atoms with Gasteiger partial charge in [-0.3, -0.25) is 4.98 Å². The summed E-state index contributed by atoms with van der Waals surface area (Å²) >= 11 is 0. The largest absolute Gasteiger partial charge is 0.260 e. The predicted octanol–water partition coefficient (Wildman–Crippen LogP) is 2.47. The van der Waals surface area contributed by atoms with Crippen molar-refractivity contribution in [3.8, 4) is 6.07 Å². The van der Waals surface area contributed by atoms with Crippen molar-refractivity contribution in [3.63, 3.8) is 0 Å². The van der Waals surface area contributed by atoms with E-state index in [1.165, 1.54) is 19.2 Å². The van der Waals surface area contributed by atoms with Crippen LogP contribution in [-0.4, -0.2) is 24.8 Å². The van der Waals surface area contributed by atoms with Crippen molar-refractivity contribution in [2.75, 3.05) is 7.05 Å². The molecule has 0 saturated heterocycles. The molecule has 0 aliphatic rings. The van der Waals surface area contributed by atoms with Crippen molar-refractivity contribution in [2.45, 2.75) is 17.9 Å². The lowest BCUT2D eigenvalue weighted by atomic mass is 10.2. The van der Waals surface area contributed by atoms with Crippen LogP contribution in [0.4, 0.5) is 4.39 Å². The van der Waals surface area contributed by atoms with Gasteiger partial charge >= 0.3 is 0 Å². The molecule has 0 spiro atoms. The Morgan fingerprint density at radius 1 is 1.27 bits per heavy atom. The van der Waals surface area contributed by atoms with Gasteiger partial charge in [-0.25, -0.2) is 12.8 Å². The number of pyridine rings is 1. The van der Waals surface area contributed by atoms with Crippen LogP contribution < -0.4 is 0 Å². The van der Waals surface area contributed by atoms with Crippen molar-refractivity contribution >= 4 is 10.0 Å². The zero-order valence-electron chi connectivity index (χ0n) is 12.1. The summed E-state index contributed by atoms with van der Waals surface area (Å²) < 4.78 is 40.0. The van der Waals surface area contributed by atoms with Crippen LogP contribution in [0.5, 0.6) is 0 Å². The SMILES string of the molecule is C[C@H](c1ccccn1)N(C)S(=O)(=O)c1cccc(F)c1C#N. The average Bonchev–Trinajstić information content (AvgIpc) is 2.54. The second-order valence-corrected chi connectivity index (χ2v) is 6.64. The normalized spacial score (nSPS) is 12.9. The van der Waals surface area contributed by atoms with Gasteiger partial charge in [0.15, 0.2) is 0 Å². The van der Waals surface area contributed by atoms with E-state index in [1.54, 1.807) is 37.4 Å². The highest BCUT2D eigenvalue weighted by Gasteiger charge is 2.30. The third-order valence-corrected chi connectivity index (χ3v) is 5.38. The van der Waals surface area contributed by atoms with E-state index in [0.29, 0.717) is 5.69 Å². The molecule has 22 heavy (non-hydrogen) atoms. The van der Waals surface area contributed by atoms with Crippen molar-refractivity contribution in [3.05, 3.63) is 59.7 Å². The van der Waals surface area contributed by atoms with Gasteiger partial charge < -0.3 is 0 Å². The summed E-state index contributed by atoms with van der Waals surface area (Å²) in [4.78, 5) is 3.77. The summed E-state index contributed by atoms with van der Waals surface area (Å²) in [7, 11) is -2.65. The molecule has 1 aromatic heterocycles. The second kappa shape index (κ2) is 6.22. The first-order chi connectivity index (χ1) is 10.4. The minimum absolute atomic E-state index is 0.347. The molecule has 1 aromatic carbocycles. The predicted molar refractivity (Wildman–Crippen MR) is 78.7 cm³/mol. The second-order valence-electron chi connectivity index (χ2n) is 4.68. The standard InChI is InChI=1S/C15H14FN3O2S/c1-11(14-7-3-4-9-18-14)19(2)22(20,21)15-8-5-6-13(16)12(15)10-17/h3-9,11H,1-2H3/t11-/m1/s1. The molecule has 2 aromatic rings. The molecular weight excluding hydrogens is 305 g/mol. The monoisotopic (exact) mass is 319 g/mol. The average molecular weight is 319 g/mol. The number of benzene rings is 1. The zero-order valence-corrected chi connectivity index (χ0v) is 12.9. The molecule has 0 N–H and O–H groups in total. The number of aromatic nitrogens is 1.